The topological polar surface area (TPSA) is 55.6 Å². The quantitative estimate of drug-likeness (QED) is 0.771. The summed E-state index contributed by atoms with van der Waals surface area (Å²) in [6, 6.07) is 9.73. The lowest BCUT2D eigenvalue weighted by atomic mass is 10.1. The number of carbonyl (C=O) groups excluding carboxylic acids is 1. The van der Waals surface area contributed by atoms with Crippen molar-refractivity contribution < 1.29 is 9.53 Å². The molecule has 98 valence electrons. The lowest BCUT2D eigenvalue weighted by Crippen LogP contribution is -2.28. The van der Waals surface area contributed by atoms with Crippen LogP contribution in [0.25, 0.3) is 0 Å². The number of rotatable bonds is 6. The average Bonchev–Trinajstić information content (AvgIpc) is 2.77. The van der Waals surface area contributed by atoms with Crippen LogP contribution in [0.5, 0.6) is 5.75 Å². The van der Waals surface area contributed by atoms with E-state index < -0.39 is 0 Å². The summed E-state index contributed by atoms with van der Waals surface area (Å²) in [4.78, 5) is 13.5. The lowest BCUT2D eigenvalue weighted by molar-refractivity contribution is -0.127. The molecule has 1 aromatic rings. The molecule has 1 unspecified atom stereocenters. The van der Waals surface area contributed by atoms with Gasteiger partial charge in [-0.3, -0.25) is 4.79 Å². The number of likely N-dealkylation sites (tertiary alicyclic amines) is 1. The van der Waals surface area contributed by atoms with Crippen molar-refractivity contribution in [2.24, 2.45) is 11.7 Å². The Morgan fingerprint density at radius 1 is 1.33 bits per heavy atom. The SMILES string of the molecule is NCC1CC(=O)N(CCCOc2ccccc2)C1. The second-order valence-corrected chi connectivity index (χ2v) is 4.66. The highest BCUT2D eigenvalue weighted by molar-refractivity contribution is 5.78. The van der Waals surface area contributed by atoms with Crippen LogP contribution in [0.4, 0.5) is 0 Å². The maximum atomic E-state index is 11.6. The minimum Gasteiger partial charge on any atom is -0.494 e. The second kappa shape index (κ2) is 6.40. The minimum atomic E-state index is 0.227. The average molecular weight is 248 g/mol. The molecule has 1 aliphatic heterocycles. The van der Waals surface area contributed by atoms with Gasteiger partial charge in [0.1, 0.15) is 5.75 Å². The first-order chi connectivity index (χ1) is 8.79. The third kappa shape index (κ3) is 3.47. The number of para-hydroxylation sites is 1. The molecule has 1 aliphatic rings. The zero-order chi connectivity index (χ0) is 12.8. The summed E-state index contributed by atoms with van der Waals surface area (Å²) >= 11 is 0. The van der Waals surface area contributed by atoms with Crippen LogP contribution in [0.2, 0.25) is 0 Å². The van der Waals surface area contributed by atoms with Crippen LogP contribution >= 0.6 is 0 Å². The van der Waals surface area contributed by atoms with Gasteiger partial charge < -0.3 is 15.4 Å². The number of nitrogens with zero attached hydrogens (tertiary/aromatic N) is 1. The molecule has 2 rings (SSSR count). The van der Waals surface area contributed by atoms with E-state index in [0.29, 0.717) is 25.5 Å². The van der Waals surface area contributed by atoms with Crippen LogP contribution in [-0.2, 0) is 4.79 Å². The summed E-state index contributed by atoms with van der Waals surface area (Å²) in [5, 5.41) is 0. The summed E-state index contributed by atoms with van der Waals surface area (Å²) in [6.45, 7) is 2.81. The van der Waals surface area contributed by atoms with Gasteiger partial charge in [-0.25, -0.2) is 0 Å². The molecule has 4 heteroatoms. The lowest BCUT2D eigenvalue weighted by Gasteiger charge is -2.16. The Morgan fingerprint density at radius 2 is 2.11 bits per heavy atom. The normalized spacial score (nSPS) is 19.3. The molecule has 1 atom stereocenters. The van der Waals surface area contributed by atoms with E-state index in [2.05, 4.69) is 0 Å². The molecule has 0 bridgehead atoms. The van der Waals surface area contributed by atoms with Gasteiger partial charge in [0.15, 0.2) is 0 Å². The number of hydrogen-bond acceptors (Lipinski definition) is 3. The molecule has 1 amide bonds. The van der Waals surface area contributed by atoms with E-state index in [4.69, 9.17) is 10.5 Å². The van der Waals surface area contributed by atoms with Crippen molar-refractivity contribution in [1.82, 2.24) is 4.90 Å². The molecule has 0 aliphatic carbocycles. The third-order valence-corrected chi connectivity index (χ3v) is 3.21. The van der Waals surface area contributed by atoms with E-state index >= 15 is 0 Å². The molecule has 1 fully saturated rings. The van der Waals surface area contributed by atoms with Crippen LogP contribution in [-0.4, -0.2) is 37.0 Å². The summed E-state index contributed by atoms with van der Waals surface area (Å²) in [5.41, 5.74) is 5.59. The zero-order valence-electron chi connectivity index (χ0n) is 10.5. The molecule has 1 heterocycles. The van der Waals surface area contributed by atoms with Crippen molar-refractivity contribution in [2.75, 3.05) is 26.2 Å². The summed E-state index contributed by atoms with van der Waals surface area (Å²) in [5.74, 6) is 1.45. The Bertz CT molecular complexity index is 381. The highest BCUT2D eigenvalue weighted by atomic mass is 16.5. The first-order valence-electron chi connectivity index (χ1n) is 6.45. The molecule has 2 N–H and O–H groups in total. The fourth-order valence-electron chi connectivity index (χ4n) is 2.19. The second-order valence-electron chi connectivity index (χ2n) is 4.66. The maximum absolute atomic E-state index is 11.6. The first kappa shape index (κ1) is 12.9. The number of benzene rings is 1. The Morgan fingerprint density at radius 3 is 2.78 bits per heavy atom. The largest absolute Gasteiger partial charge is 0.494 e. The number of carbonyl (C=O) groups is 1. The monoisotopic (exact) mass is 248 g/mol. The van der Waals surface area contributed by atoms with Gasteiger partial charge in [-0.15, -0.1) is 0 Å². The fourth-order valence-corrected chi connectivity index (χ4v) is 2.19. The number of ether oxygens (including phenoxy) is 1. The number of amides is 1. The van der Waals surface area contributed by atoms with Crippen LogP contribution in [0.15, 0.2) is 30.3 Å². The van der Waals surface area contributed by atoms with E-state index in [1.807, 2.05) is 35.2 Å². The molecular formula is C14H20N2O2. The van der Waals surface area contributed by atoms with E-state index in [9.17, 15) is 4.79 Å². The highest BCUT2D eigenvalue weighted by Crippen LogP contribution is 2.16. The number of hydrogen-bond donors (Lipinski definition) is 1. The van der Waals surface area contributed by atoms with Gasteiger partial charge >= 0.3 is 0 Å². The fraction of sp³-hybridized carbons (Fsp3) is 0.500. The van der Waals surface area contributed by atoms with Crippen molar-refractivity contribution in [3.63, 3.8) is 0 Å². The van der Waals surface area contributed by atoms with Gasteiger partial charge in [0, 0.05) is 19.5 Å². The Balaban J connectivity index is 1.65. The smallest absolute Gasteiger partial charge is 0.222 e. The number of nitrogens with two attached hydrogens (primary N) is 1. The van der Waals surface area contributed by atoms with Gasteiger partial charge in [0.05, 0.1) is 6.61 Å². The minimum absolute atomic E-state index is 0.227. The standard InChI is InChI=1S/C14H20N2O2/c15-10-12-9-14(17)16(11-12)7-4-8-18-13-5-2-1-3-6-13/h1-3,5-6,12H,4,7-11,15H2. The Hall–Kier alpha value is -1.55. The Kier molecular flexibility index (Phi) is 4.59. The molecule has 18 heavy (non-hydrogen) atoms. The molecule has 0 saturated carbocycles. The molecule has 0 spiro atoms. The van der Waals surface area contributed by atoms with Crippen molar-refractivity contribution in [3.8, 4) is 5.75 Å². The predicted molar refractivity (Wildman–Crippen MR) is 70.3 cm³/mol. The molecule has 4 nitrogen and oxygen atoms in total. The van der Waals surface area contributed by atoms with Crippen molar-refractivity contribution >= 4 is 5.91 Å². The van der Waals surface area contributed by atoms with E-state index in [1.54, 1.807) is 0 Å². The van der Waals surface area contributed by atoms with Crippen LogP contribution < -0.4 is 10.5 Å². The highest BCUT2D eigenvalue weighted by Gasteiger charge is 2.27. The van der Waals surface area contributed by atoms with Crippen molar-refractivity contribution in [1.29, 1.82) is 0 Å². The maximum Gasteiger partial charge on any atom is 0.222 e. The van der Waals surface area contributed by atoms with Gasteiger partial charge in [0.25, 0.3) is 0 Å². The van der Waals surface area contributed by atoms with Crippen LogP contribution in [0, 0.1) is 5.92 Å². The zero-order valence-corrected chi connectivity index (χ0v) is 10.5. The molecule has 1 saturated heterocycles. The molecule has 1 aromatic carbocycles. The van der Waals surface area contributed by atoms with Crippen LogP contribution in [0.1, 0.15) is 12.8 Å². The molecule has 0 radical (unpaired) electrons. The Labute approximate surface area is 108 Å². The predicted octanol–water partition coefficient (Wildman–Crippen LogP) is 1.26. The first-order valence-corrected chi connectivity index (χ1v) is 6.45. The van der Waals surface area contributed by atoms with Gasteiger partial charge in [0.2, 0.25) is 5.91 Å². The van der Waals surface area contributed by atoms with Gasteiger partial charge in [-0.2, -0.15) is 0 Å². The van der Waals surface area contributed by atoms with Crippen molar-refractivity contribution in [3.05, 3.63) is 30.3 Å². The van der Waals surface area contributed by atoms with Gasteiger partial charge in [-0.1, -0.05) is 18.2 Å². The van der Waals surface area contributed by atoms with E-state index in [0.717, 1.165) is 25.3 Å². The molecular weight excluding hydrogens is 228 g/mol. The summed E-state index contributed by atoms with van der Waals surface area (Å²) in [6.07, 6.45) is 1.47. The molecule has 0 aromatic heterocycles. The van der Waals surface area contributed by atoms with Gasteiger partial charge in [-0.05, 0) is 31.0 Å². The van der Waals surface area contributed by atoms with E-state index in [1.165, 1.54) is 0 Å². The van der Waals surface area contributed by atoms with E-state index in [-0.39, 0.29) is 5.91 Å². The summed E-state index contributed by atoms with van der Waals surface area (Å²) in [7, 11) is 0. The third-order valence-electron chi connectivity index (χ3n) is 3.21. The van der Waals surface area contributed by atoms with Crippen molar-refractivity contribution in [2.45, 2.75) is 12.8 Å². The summed E-state index contributed by atoms with van der Waals surface area (Å²) < 4.78 is 5.59. The van der Waals surface area contributed by atoms with Crippen LogP contribution in [0.3, 0.4) is 0 Å².